The Morgan fingerprint density at radius 3 is 2.50 bits per heavy atom. The van der Waals surface area contributed by atoms with Gasteiger partial charge in [-0.15, -0.1) is 0 Å². The van der Waals surface area contributed by atoms with Crippen molar-refractivity contribution in [1.29, 1.82) is 5.41 Å². The van der Waals surface area contributed by atoms with E-state index < -0.39 is 0 Å². The average molecular weight is 158 g/mol. The Bertz CT molecular complexity index is 134. The summed E-state index contributed by atoms with van der Waals surface area (Å²) in [5.74, 6) is 0.645. The zero-order chi connectivity index (χ0) is 8.15. The normalized spacial score (nSPS) is 15.8. The molecule has 0 amide bonds. The molecule has 0 aromatic rings. The summed E-state index contributed by atoms with van der Waals surface area (Å²) in [5.41, 5.74) is 5.42. The van der Waals surface area contributed by atoms with Gasteiger partial charge in [0.05, 0.1) is 4.99 Å². The Morgan fingerprint density at radius 1 is 1.70 bits per heavy atom. The van der Waals surface area contributed by atoms with Gasteiger partial charge in [0.15, 0.2) is 0 Å². The fourth-order valence-corrected chi connectivity index (χ4v) is 0.903. The molecule has 2 atom stereocenters. The van der Waals surface area contributed by atoms with Crippen molar-refractivity contribution in [2.45, 2.75) is 20.3 Å². The number of nitrogens with one attached hydrogen (secondary N) is 1. The molecule has 0 saturated carbocycles. The maximum Gasteiger partial charge on any atom is 0.0758 e. The SMILES string of the molecule is CC(CC=N)C(C)C(N)=S. The predicted molar refractivity (Wildman–Crippen MR) is 48.5 cm³/mol. The van der Waals surface area contributed by atoms with Crippen LogP contribution in [-0.2, 0) is 0 Å². The van der Waals surface area contributed by atoms with Crippen molar-refractivity contribution in [3.63, 3.8) is 0 Å². The molecule has 0 aliphatic rings. The van der Waals surface area contributed by atoms with E-state index in [1.165, 1.54) is 6.21 Å². The Balaban J connectivity index is 3.80. The van der Waals surface area contributed by atoms with Gasteiger partial charge in [0.1, 0.15) is 0 Å². The van der Waals surface area contributed by atoms with Gasteiger partial charge in [-0.3, -0.25) is 0 Å². The standard InChI is InChI=1S/C7H14N2S/c1-5(3-4-8)6(2)7(9)10/h4-6,8H,3H2,1-2H3,(H2,9,10). The molecular formula is C7H14N2S. The summed E-state index contributed by atoms with van der Waals surface area (Å²) >= 11 is 4.81. The number of thiocarbonyl (C=S) groups is 1. The maximum atomic E-state index is 6.86. The molecule has 0 spiro atoms. The Morgan fingerprint density at radius 2 is 2.20 bits per heavy atom. The second-order valence-electron chi connectivity index (χ2n) is 2.61. The van der Waals surface area contributed by atoms with E-state index in [4.69, 9.17) is 23.4 Å². The Hall–Kier alpha value is -0.440. The van der Waals surface area contributed by atoms with Crippen molar-refractivity contribution in [3.05, 3.63) is 0 Å². The van der Waals surface area contributed by atoms with Gasteiger partial charge in [0.2, 0.25) is 0 Å². The maximum absolute atomic E-state index is 6.86. The van der Waals surface area contributed by atoms with Crippen LogP contribution in [0.3, 0.4) is 0 Å². The molecule has 2 unspecified atom stereocenters. The van der Waals surface area contributed by atoms with Crippen molar-refractivity contribution in [1.82, 2.24) is 0 Å². The number of hydrogen-bond donors (Lipinski definition) is 2. The molecule has 0 heterocycles. The topological polar surface area (TPSA) is 49.9 Å². The molecule has 58 valence electrons. The Kier molecular flexibility index (Phi) is 4.19. The zero-order valence-electron chi connectivity index (χ0n) is 6.42. The van der Waals surface area contributed by atoms with Crippen LogP contribution in [-0.4, -0.2) is 11.2 Å². The average Bonchev–Trinajstić information content (AvgIpc) is 1.87. The molecule has 3 heteroatoms. The first-order chi connectivity index (χ1) is 4.59. The van der Waals surface area contributed by atoms with E-state index in [0.717, 1.165) is 6.42 Å². The second-order valence-corrected chi connectivity index (χ2v) is 3.08. The van der Waals surface area contributed by atoms with Crippen molar-refractivity contribution < 1.29 is 0 Å². The van der Waals surface area contributed by atoms with E-state index in [1.54, 1.807) is 0 Å². The highest BCUT2D eigenvalue weighted by atomic mass is 32.1. The minimum Gasteiger partial charge on any atom is -0.393 e. The lowest BCUT2D eigenvalue weighted by molar-refractivity contribution is 0.507. The molecular weight excluding hydrogens is 144 g/mol. The van der Waals surface area contributed by atoms with Crippen LogP contribution in [0.2, 0.25) is 0 Å². The summed E-state index contributed by atoms with van der Waals surface area (Å²) in [6, 6.07) is 0. The van der Waals surface area contributed by atoms with Crippen LogP contribution >= 0.6 is 12.2 Å². The van der Waals surface area contributed by atoms with Crippen LogP contribution < -0.4 is 5.73 Å². The van der Waals surface area contributed by atoms with Crippen LogP contribution in [0.15, 0.2) is 0 Å². The van der Waals surface area contributed by atoms with Crippen LogP contribution in [0.25, 0.3) is 0 Å². The molecule has 2 nitrogen and oxygen atoms in total. The quantitative estimate of drug-likeness (QED) is 0.482. The first kappa shape index (κ1) is 9.56. The number of nitrogens with two attached hydrogens (primary N) is 1. The van der Waals surface area contributed by atoms with Crippen molar-refractivity contribution >= 4 is 23.4 Å². The van der Waals surface area contributed by atoms with E-state index in [-0.39, 0.29) is 5.92 Å². The summed E-state index contributed by atoms with van der Waals surface area (Å²) in [4.78, 5) is 0.550. The summed E-state index contributed by atoms with van der Waals surface area (Å²) in [5, 5.41) is 6.86. The fraction of sp³-hybridized carbons (Fsp3) is 0.714. The van der Waals surface area contributed by atoms with Crippen molar-refractivity contribution in [2.24, 2.45) is 17.6 Å². The van der Waals surface area contributed by atoms with Crippen LogP contribution in [0.1, 0.15) is 20.3 Å². The van der Waals surface area contributed by atoms with E-state index in [0.29, 0.717) is 10.9 Å². The molecule has 0 aromatic carbocycles. The highest BCUT2D eigenvalue weighted by Crippen LogP contribution is 2.13. The monoisotopic (exact) mass is 158 g/mol. The molecule has 3 N–H and O–H groups in total. The molecule has 0 bridgehead atoms. The first-order valence-electron chi connectivity index (χ1n) is 3.37. The van der Waals surface area contributed by atoms with E-state index in [1.807, 2.05) is 6.92 Å². The van der Waals surface area contributed by atoms with E-state index in [2.05, 4.69) is 6.92 Å². The molecule has 0 aromatic heterocycles. The van der Waals surface area contributed by atoms with Gasteiger partial charge in [-0.2, -0.15) is 0 Å². The van der Waals surface area contributed by atoms with Gasteiger partial charge in [-0.1, -0.05) is 26.1 Å². The lowest BCUT2D eigenvalue weighted by Gasteiger charge is -2.15. The van der Waals surface area contributed by atoms with Gasteiger partial charge in [-0.05, 0) is 18.6 Å². The van der Waals surface area contributed by atoms with E-state index >= 15 is 0 Å². The van der Waals surface area contributed by atoms with Gasteiger partial charge in [0.25, 0.3) is 0 Å². The van der Waals surface area contributed by atoms with Gasteiger partial charge in [-0.25, -0.2) is 0 Å². The second kappa shape index (κ2) is 4.39. The molecule has 0 rings (SSSR count). The van der Waals surface area contributed by atoms with Crippen LogP contribution in [0, 0.1) is 17.2 Å². The molecule has 0 radical (unpaired) electrons. The third-order valence-corrected chi connectivity index (χ3v) is 2.16. The highest BCUT2D eigenvalue weighted by Gasteiger charge is 2.12. The third-order valence-electron chi connectivity index (χ3n) is 1.79. The molecule has 10 heavy (non-hydrogen) atoms. The fourth-order valence-electron chi connectivity index (χ4n) is 0.670. The molecule has 0 fully saturated rings. The van der Waals surface area contributed by atoms with Crippen LogP contribution in [0.4, 0.5) is 0 Å². The summed E-state index contributed by atoms with van der Waals surface area (Å²) in [6.45, 7) is 4.05. The third kappa shape index (κ3) is 2.92. The summed E-state index contributed by atoms with van der Waals surface area (Å²) in [7, 11) is 0. The Labute approximate surface area is 67.3 Å². The highest BCUT2D eigenvalue weighted by molar-refractivity contribution is 7.80. The molecule has 0 saturated heterocycles. The minimum atomic E-state index is 0.247. The first-order valence-corrected chi connectivity index (χ1v) is 3.78. The van der Waals surface area contributed by atoms with E-state index in [9.17, 15) is 0 Å². The largest absolute Gasteiger partial charge is 0.393 e. The lowest BCUT2D eigenvalue weighted by atomic mass is 9.93. The van der Waals surface area contributed by atoms with Gasteiger partial charge >= 0.3 is 0 Å². The summed E-state index contributed by atoms with van der Waals surface area (Å²) < 4.78 is 0. The lowest BCUT2D eigenvalue weighted by Crippen LogP contribution is -2.24. The smallest absolute Gasteiger partial charge is 0.0758 e. The zero-order valence-corrected chi connectivity index (χ0v) is 7.24. The minimum absolute atomic E-state index is 0.247. The van der Waals surface area contributed by atoms with Gasteiger partial charge < -0.3 is 11.1 Å². The number of rotatable bonds is 4. The van der Waals surface area contributed by atoms with Crippen molar-refractivity contribution in [2.75, 3.05) is 0 Å². The van der Waals surface area contributed by atoms with Crippen LogP contribution in [0.5, 0.6) is 0 Å². The van der Waals surface area contributed by atoms with Crippen molar-refractivity contribution in [3.8, 4) is 0 Å². The number of hydrogen-bond acceptors (Lipinski definition) is 2. The molecule has 0 aliphatic heterocycles. The summed E-state index contributed by atoms with van der Waals surface area (Å²) in [6.07, 6.45) is 2.16. The predicted octanol–water partition coefficient (Wildman–Crippen LogP) is 1.58. The molecule has 0 aliphatic carbocycles. The van der Waals surface area contributed by atoms with Gasteiger partial charge in [0, 0.05) is 5.92 Å².